The molecule has 6 unspecified atom stereocenters. The van der Waals surface area contributed by atoms with E-state index in [1.165, 1.54) is 31.0 Å². The minimum Gasteiger partial charge on any atom is -0.493 e. The Morgan fingerprint density at radius 3 is 2.45 bits per heavy atom. The van der Waals surface area contributed by atoms with Gasteiger partial charge in [-0.3, -0.25) is 24.1 Å². The molecule has 3 heterocycles. The lowest BCUT2D eigenvalue weighted by Gasteiger charge is -2.43. The summed E-state index contributed by atoms with van der Waals surface area (Å²) in [5.74, 6) is -2.80. The number of fused-ring (bicyclic) bond motifs is 9. The maximum absolute atomic E-state index is 14.0. The normalized spacial score (nSPS) is 26.7. The van der Waals surface area contributed by atoms with Gasteiger partial charge in [0.15, 0.2) is 18.1 Å². The molecular formula is C35H28F3N3O6S2. The fourth-order valence-electron chi connectivity index (χ4n) is 8.32. The molecule has 3 aromatic carbocycles. The minimum absolute atomic E-state index is 0.0768. The van der Waals surface area contributed by atoms with Crippen molar-refractivity contribution in [3.05, 3.63) is 98.5 Å². The van der Waals surface area contributed by atoms with E-state index in [1.807, 2.05) is 30.3 Å². The molecule has 2 aliphatic carbocycles. The van der Waals surface area contributed by atoms with Gasteiger partial charge in [0, 0.05) is 21.7 Å². The molecule has 4 aliphatic rings. The molecule has 7 atom stereocenters. The number of aromatic nitrogens is 1. The first kappa shape index (κ1) is 31.7. The Morgan fingerprint density at radius 1 is 0.959 bits per heavy atom. The predicted molar refractivity (Wildman–Crippen MR) is 176 cm³/mol. The van der Waals surface area contributed by atoms with Crippen LogP contribution in [0.1, 0.15) is 28.3 Å². The molecule has 2 aliphatic heterocycles. The summed E-state index contributed by atoms with van der Waals surface area (Å²) in [5.41, 5.74) is 0.451. The number of hydrogen-bond donors (Lipinski definition) is 2. The van der Waals surface area contributed by atoms with E-state index in [-0.39, 0.29) is 52.0 Å². The lowest BCUT2D eigenvalue weighted by atomic mass is 9.68. The number of thioether (sulfide) groups is 1. The highest BCUT2D eigenvalue weighted by Gasteiger charge is 2.69. The summed E-state index contributed by atoms with van der Waals surface area (Å²) in [6, 6.07) is 18.7. The second-order valence-electron chi connectivity index (χ2n) is 12.6. The first-order valence-corrected chi connectivity index (χ1v) is 17.3. The third-order valence-corrected chi connectivity index (χ3v) is 12.7. The smallest absolute Gasteiger partial charge is 0.416 e. The average molecular weight is 708 g/mol. The fourth-order valence-corrected chi connectivity index (χ4v) is 11.2. The Bertz CT molecular complexity index is 2050. The van der Waals surface area contributed by atoms with E-state index in [2.05, 4.69) is 10.3 Å². The Labute approximate surface area is 285 Å². The summed E-state index contributed by atoms with van der Waals surface area (Å²) in [5, 5.41) is 3.37. The number of halogens is 3. The molecule has 0 spiro atoms. The summed E-state index contributed by atoms with van der Waals surface area (Å²) in [7, 11) is 1.49. The topological polar surface area (TPSA) is 118 Å². The molecule has 4 aromatic rings. The van der Waals surface area contributed by atoms with Crippen molar-refractivity contribution < 1.29 is 37.0 Å². The zero-order valence-electron chi connectivity index (χ0n) is 25.7. The van der Waals surface area contributed by atoms with Crippen molar-refractivity contribution in [3.63, 3.8) is 0 Å². The van der Waals surface area contributed by atoms with Crippen molar-refractivity contribution in [2.45, 2.75) is 28.8 Å². The van der Waals surface area contributed by atoms with Crippen molar-refractivity contribution in [2.75, 3.05) is 23.9 Å². The average Bonchev–Trinajstić information content (AvgIpc) is 3.82. The van der Waals surface area contributed by atoms with E-state index in [9.17, 15) is 32.3 Å². The largest absolute Gasteiger partial charge is 0.493 e. The van der Waals surface area contributed by atoms with E-state index in [4.69, 9.17) is 9.47 Å². The molecule has 0 radical (unpaired) electrons. The number of carbonyl (C=O) groups excluding carboxylic acids is 3. The first-order valence-electron chi connectivity index (χ1n) is 15.6. The standard InChI is InChI=1S/C35H28F3N3O6S2/c1-46-23-12-16(10-11-22(23)47-15-24(42)39-18-7-3-2-4-8-18)25-26-20-14-21(29(26)48-31-30(25)49-34(45)40-31)28-27(20)32(43)41(33(28)44)19-9-5-6-17(13-19)35(36,37)38/h2-13,20-21,25-29H,14-15H2,1H3,(H,39,42)(H,40,45)/t20?,21?,25-,26?,27?,28?,29?/m1/s1. The van der Waals surface area contributed by atoms with Crippen molar-refractivity contribution in [1.29, 1.82) is 0 Å². The van der Waals surface area contributed by atoms with Crippen molar-refractivity contribution in [2.24, 2.45) is 29.6 Å². The lowest BCUT2D eigenvalue weighted by molar-refractivity contribution is -0.137. The molecule has 3 amide bonds. The van der Waals surface area contributed by atoms with Crippen LogP contribution in [0, 0.1) is 29.6 Å². The van der Waals surface area contributed by atoms with Crippen LogP contribution in [0.25, 0.3) is 0 Å². The number of nitrogens with zero attached hydrogens (tertiary/aromatic N) is 1. The molecule has 2 bridgehead atoms. The summed E-state index contributed by atoms with van der Waals surface area (Å²) < 4.78 is 52.1. The molecule has 8 rings (SSSR count). The molecule has 49 heavy (non-hydrogen) atoms. The Morgan fingerprint density at radius 2 is 1.71 bits per heavy atom. The van der Waals surface area contributed by atoms with Gasteiger partial charge in [0.25, 0.3) is 5.91 Å². The molecule has 14 heteroatoms. The minimum atomic E-state index is -4.62. The number of para-hydroxylation sites is 1. The van der Waals surface area contributed by atoms with Crippen LogP contribution in [0.15, 0.2) is 82.6 Å². The molecule has 3 fully saturated rings. The van der Waals surface area contributed by atoms with E-state index >= 15 is 0 Å². The van der Waals surface area contributed by atoms with Gasteiger partial charge < -0.3 is 19.8 Å². The summed E-state index contributed by atoms with van der Waals surface area (Å²) >= 11 is 2.62. The van der Waals surface area contributed by atoms with Crippen molar-refractivity contribution in [1.82, 2.24) is 4.98 Å². The number of hydrogen-bond acceptors (Lipinski definition) is 8. The maximum atomic E-state index is 14.0. The summed E-state index contributed by atoms with van der Waals surface area (Å²) in [6.45, 7) is -0.260. The molecule has 2 saturated carbocycles. The Balaban J connectivity index is 1.10. The number of thiazole rings is 1. The second-order valence-corrected chi connectivity index (χ2v) is 14.8. The Hall–Kier alpha value is -4.56. The van der Waals surface area contributed by atoms with Crippen molar-refractivity contribution >= 4 is 52.2 Å². The van der Waals surface area contributed by atoms with Gasteiger partial charge in [-0.05, 0) is 72.2 Å². The number of H-pyrrole nitrogens is 1. The van der Waals surface area contributed by atoms with Gasteiger partial charge in [-0.25, -0.2) is 0 Å². The van der Waals surface area contributed by atoms with E-state index in [0.29, 0.717) is 28.6 Å². The van der Waals surface area contributed by atoms with E-state index < -0.39 is 35.4 Å². The number of rotatable bonds is 7. The van der Waals surface area contributed by atoms with Crippen LogP contribution >= 0.6 is 23.1 Å². The van der Waals surface area contributed by atoms with Gasteiger partial charge in [-0.15, -0.1) is 11.8 Å². The number of methoxy groups -OCH3 is 1. The second kappa shape index (κ2) is 11.8. The monoisotopic (exact) mass is 707 g/mol. The molecule has 1 aromatic heterocycles. The fraction of sp³-hybridized carbons (Fsp3) is 0.314. The highest BCUT2D eigenvalue weighted by atomic mass is 32.2. The number of nitrogens with one attached hydrogen (secondary N) is 2. The summed E-state index contributed by atoms with van der Waals surface area (Å²) in [4.78, 5) is 57.6. The van der Waals surface area contributed by atoms with Gasteiger partial charge >= 0.3 is 11.0 Å². The zero-order valence-corrected chi connectivity index (χ0v) is 27.4. The van der Waals surface area contributed by atoms with E-state index in [0.717, 1.165) is 38.8 Å². The van der Waals surface area contributed by atoms with Gasteiger partial charge in [0.1, 0.15) is 0 Å². The molecule has 252 valence electrons. The highest BCUT2D eigenvalue weighted by Crippen LogP contribution is 2.69. The number of carbonyl (C=O) groups is 3. The molecule has 2 N–H and O–H groups in total. The SMILES string of the molecule is COc1cc([C@H]2c3sc(=O)[nH]c3SC3C4CC(C5C(=O)N(c6cccc(C(F)(F)F)c6)C(=O)C45)C32)ccc1OCC(=O)Nc1ccccc1. The maximum Gasteiger partial charge on any atom is 0.416 e. The van der Waals surface area contributed by atoms with Crippen LogP contribution < -0.4 is 24.6 Å². The van der Waals surface area contributed by atoms with Crippen LogP contribution in [0.4, 0.5) is 24.5 Å². The van der Waals surface area contributed by atoms with Gasteiger partial charge in [0.2, 0.25) is 11.8 Å². The summed E-state index contributed by atoms with van der Waals surface area (Å²) in [6.07, 6.45) is -4.00. The third-order valence-electron chi connectivity index (χ3n) is 10.1. The number of anilines is 2. The number of ether oxygens (including phenoxy) is 2. The molecular weight excluding hydrogens is 680 g/mol. The van der Waals surface area contributed by atoms with Gasteiger partial charge in [0.05, 0.1) is 35.2 Å². The highest BCUT2D eigenvalue weighted by molar-refractivity contribution is 8.00. The first-order chi connectivity index (χ1) is 23.5. The van der Waals surface area contributed by atoms with Crippen LogP contribution in [0.2, 0.25) is 0 Å². The number of aromatic amines is 1. The van der Waals surface area contributed by atoms with Gasteiger partial charge in [-0.1, -0.05) is 41.7 Å². The van der Waals surface area contributed by atoms with E-state index in [1.54, 1.807) is 18.2 Å². The lowest BCUT2D eigenvalue weighted by Crippen LogP contribution is -2.42. The third kappa shape index (κ3) is 5.23. The molecule has 1 saturated heterocycles. The van der Waals surface area contributed by atoms with Gasteiger partial charge in [-0.2, -0.15) is 13.2 Å². The number of alkyl halides is 3. The number of benzene rings is 3. The number of imide groups is 1. The zero-order chi connectivity index (χ0) is 34.2. The molecule has 9 nitrogen and oxygen atoms in total. The number of amides is 3. The predicted octanol–water partition coefficient (Wildman–Crippen LogP) is 6.16. The quantitative estimate of drug-likeness (QED) is 0.221. The van der Waals surface area contributed by atoms with Crippen LogP contribution in [-0.2, 0) is 20.6 Å². The van der Waals surface area contributed by atoms with Crippen LogP contribution in [-0.4, -0.2) is 41.7 Å². The van der Waals surface area contributed by atoms with Crippen molar-refractivity contribution in [3.8, 4) is 11.5 Å². The van der Waals surface area contributed by atoms with Crippen LogP contribution in [0.5, 0.6) is 11.5 Å². The van der Waals surface area contributed by atoms with Crippen LogP contribution in [0.3, 0.4) is 0 Å². The Kier molecular flexibility index (Phi) is 7.63.